The molecule has 2 fully saturated rings. The number of hydrogen-bond acceptors (Lipinski definition) is 4. The second-order valence-electron chi connectivity index (χ2n) is 5.76. The Morgan fingerprint density at radius 3 is 2.57 bits per heavy atom. The third kappa shape index (κ3) is 2.58. The summed E-state index contributed by atoms with van der Waals surface area (Å²) in [5.41, 5.74) is -0.768. The molecule has 1 aromatic carbocycles. The lowest BCUT2D eigenvalue weighted by atomic mass is 9.72. The molecule has 2 aliphatic heterocycles. The average molecular weight is 292 g/mol. The highest BCUT2D eigenvalue weighted by Crippen LogP contribution is 2.50. The van der Waals surface area contributed by atoms with Crippen molar-refractivity contribution in [3.8, 4) is 11.5 Å². The molecule has 3 atom stereocenters. The number of fused-ring (bicyclic) bond motifs is 2. The highest BCUT2D eigenvalue weighted by Gasteiger charge is 2.57. The van der Waals surface area contributed by atoms with Crippen molar-refractivity contribution in [1.29, 1.82) is 0 Å². The molecule has 5 heteroatoms. The van der Waals surface area contributed by atoms with Crippen LogP contribution in [-0.4, -0.2) is 37.0 Å². The van der Waals surface area contributed by atoms with E-state index in [1.165, 1.54) is 0 Å². The van der Waals surface area contributed by atoms with Gasteiger partial charge in [-0.25, -0.2) is 0 Å². The summed E-state index contributed by atoms with van der Waals surface area (Å²) in [7, 11) is 1.61. The Kier molecular flexibility index (Phi) is 3.76. The molecular formula is C16H20O5. The van der Waals surface area contributed by atoms with E-state index in [1.54, 1.807) is 7.11 Å². The summed E-state index contributed by atoms with van der Waals surface area (Å²) < 4.78 is 16.5. The molecule has 2 heterocycles. The van der Waals surface area contributed by atoms with Crippen LogP contribution in [0.15, 0.2) is 24.3 Å². The van der Waals surface area contributed by atoms with Gasteiger partial charge in [0, 0.05) is 6.42 Å². The summed E-state index contributed by atoms with van der Waals surface area (Å²) in [6.45, 7) is 0.380. The quantitative estimate of drug-likeness (QED) is 0.872. The second kappa shape index (κ2) is 5.56. The Morgan fingerprint density at radius 2 is 2.05 bits per heavy atom. The van der Waals surface area contributed by atoms with Crippen LogP contribution >= 0.6 is 0 Å². The first-order valence-corrected chi connectivity index (χ1v) is 7.30. The lowest BCUT2D eigenvalue weighted by Crippen LogP contribution is -2.41. The van der Waals surface area contributed by atoms with Crippen LogP contribution in [0.3, 0.4) is 0 Å². The zero-order chi connectivity index (χ0) is 14.9. The van der Waals surface area contributed by atoms with Crippen molar-refractivity contribution in [3.05, 3.63) is 24.3 Å². The highest BCUT2D eigenvalue weighted by molar-refractivity contribution is 5.76. The van der Waals surface area contributed by atoms with Gasteiger partial charge in [-0.05, 0) is 43.5 Å². The van der Waals surface area contributed by atoms with E-state index < -0.39 is 11.4 Å². The zero-order valence-corrected chi connectivity index (χ0v) is 12.1. The Morgan fingerprint density at radius 1 is 1.33 bits per heavy atom. The van der Waals surface area contributed by atoms with E-state index in [0.717, 1.165) is 24.3 Å². The number of benzene rings is 1. The summed E-state index contributed by atoms with van der Waals surface area (Å²) >= 11 is 0. The van der Waals surface area contributed by atoms with Crippen LogP contribution in [0, 0.1) is 5.41 Å². The molecule has 0 radical (unpaired) electrons. The van der Waals surface area contributed by atoms with E-state index in [2.05, 4.69) is 0 Å². The maximum Gasteiger partial charge on any atom is 0.312 e. The summed E-state index contributed by atoms with van der Waals surface area (Å²) in [4.78, 5) is 11.7. The minimum atomic E-state index is -0.768. The van der Waals surface area contributed by atoms with Crippen LogP contribution in [0.2, 0.25) is 0 Å². The van der Waals surface area contributed by atoms with E-state index in [-0.39, 0.29) is 12.2 Å². The lowest BCUT2D eigenvalue weighted by Gasteiger charge is -2.30. The first-order chi connectivity index (χ1) is 10.1. The van der Waals surface area contributed by atoms with Gasteiger partial charge in [0.05, 0.1) is 31.3 Å². The summed E-state index contributed by atoms with van der Waals surface area (Å²) in [5, 5.41) is 9.60. The van der Waals surface area contributed by atoms with Gasteiger partial charge in [0.1, 0.15) is 11.5 Å². The van der Waals surface area contributed by atoms with Crippen LogP contribution in [0.1, 0.15) is 25.7 Å². The third-order valence-corrected chi connectivity index (χ3v) is 4.62. The number of ether oxygens (including phenoxy) is 3. The van der Waals surface area contributed by atoms with Gasteiger partial charge in [0.2, 0.25) is 0 Å². The van der Waals surface area contributed by atoms with Crippen molar-refractivity contribution in [2.75, 3.05) is 13.7 Å². The summed E-state index contributed by atoms with van der Waals surface area (Å²) in [5.74, 6) is 0.735. The molecule has 2 aliphatic rings. The van der Waals surface area contributed by atoms with Gasteiger partial charge in [-0.3, -0.25) is 4.79 Å². The topological polar surface area (TPSA) is 65.0 Å². The zero-order valence-electron chi connectivity index (χ0n) is 12.1. The Hall–Kier alpha value is -1.75. The van der Waals surface area contributed by atoms with Crippen LogP contribution in [0.4, 0.5) is 0 Å². The second-order valence-corrected chi connectivity index (χ2v) is 5.76. The molecule has 3 unspecified atom stereocenters. The number of carboxylic acid groups (broad SMARTS) is 1. The minimum absolute atomic E-state index is 0.118. The van der Waals surface area contributed by atoms with E-state index in [9.17, 15) is 9.90 Å². The normalized spacial score (nSPS) is 30.3. The lowest BCUT2D eigenvalue weighted by molar-refractivity contribution is -0.153. The monoisotopic (exact) mass is 292 g/mol. The Balaban J connectivity index is 1.59. The Bertz CT molecular complexity index is 512. The molecule has 1 N–H and O–H groups in total. The molecule has 1 aromatic rings. The van der Waals surface area contributed by atoms with Gasteiger partial charge in [0.15, 0.2) is 0 Å². The molecule has 0 saturated carbocycles. The van der Waals surface area contributed by atoms with E-state index in [4.69, 9.17) is 14.2 Å². The number of rotatable bonds is 6. The standard InChI is InChI=1S/C16H20O5/c1-19-11-2-4-12(5-3-11)20-9-8-16(15(17)18)10-13-6-7-14(16)21-13/h2-5,13-14H,6-10H2,1H3,(H,17,18). The molecule has 21 heavy (non-hydrogen) atoms. The fourth-order valence-electron chi connectivity index (χ4n) is 3.42. The fourth-order valence-corrected chi connectivity index (χ4v) is 3.42. The molecule has 5 nitrogen and oxygen atoms in total. The van der Waals surface area contributed by atoms with E-state index in [0.29, 0.717) is 19.4 Å². The fraction of sp³-hybridized carbons (Fsp3) is 0.562. The SMILES string of the molecule is COc1ccc(OCCC2(C(=O)O)CC3CCC2O3)cc1. The van der Waals surface area contributed by atoms with Gasteiger partial charge in [-0.2, -0.15) is 0 Å². The molecule has 0 aliphatic carbocycles. The van der Waals surface area contributed by atoms with Gasteiger partial charge >= 0.3 is 5.97 Å². The predicted octanol–water partition coefficient (Wildman–Crippen LogP) is 2.49. The number of hydrogen-bond donors (Lipinski definition) is 1. The van der Waals surface area contributed by atoms with E-state index >= 15 is 0 Å². The van der Waals surface area contributed by atoms with Gasteiger partial charge < -0.3 is 19.3 Å². The summed E-state index contributed by atoms with van der Waals surface area (Å²) in [6, 6.07) is 7.29. The molecule has 3 rings (SSSR count). The van der Waals surface area contributed by atoms with Gasteiger partial charge in [-0.1, -0.05) is 0 Å². The first-order valence-electron chi connectivity index (χ1n) is 7.30. The first kappa shape index (κ1) is 14.2. The predicted molar refractivity (Wildman–Crippen MR) is 75.7 cm³/mol. The van der Waals surface area contributed by atoms with Crippen molar-refractivity contribution in [3.63, 3.8) is 0 Å². The molecule has 0 aromatic heterocycles. The molecule has 2 bridgehead atoms. The molecular weight excluding hydrogens is 272 g/mol. The van der Waals surface area contributed by atoms with Crippen molar-refractivity contribution >= 4 is 5.97 Å². The smallest absolute Gasteiger partial charge is 0.312 e. The average Bonchev–Trinajstić information content (AvgIpc) is 3.09. The third-order valence-electron chi connectivity index (χ3n) is 4.62. The Labute approximate surface area is 123 Å². The number of carbonyl (C=O) groups is 1. The molecule has 0 spiro atoms. The summed E-state index contributed by atoms with van der Waals surface area (Å²) in [6.07, 6.45) is 2.89. The van der Waals surface area contributed by atoms with Crippen LogP contribution < -0.4 is 9.47 Å². The van der Waals surface area contributed by atoms with Crippen LogP contribution in [0.25, 0.3) is 0 Å². The molecule has 0 amide bonds. The number of aliphatic carboxylic acids is 1. The molecule has 2 saturated heterocycles. The van der Waals surface area contributed by atoms with E-state index in [1.807, 2.05) is 24.3 Å². The van der Waals surface area contributed by atoms with Gasteiger partial charge in [-0.15, -0.1) is 0 Å². The van der Waals surface area contributed by atoms with Crippen LogP contribution in [0.5, 0.6) is 11.5 Å². The van der Waals surface area contributed by atoms with Crippen molar-refractivity contribution in [2.45, 2.75) is 37.9 Å². The maximum atomic E-state index is 11.7. The van der Waals surface area contributed by atoms with Crippen LogP contribution in [-0.2, 0) is 9.53 Å². The van der Waals surface area contributed by atoms with Crippen molar-refractivity contribution in [2.24, 2.45) is 5.41 Å². The molecule has 114 valence electrons. The highest BCUT2D eigenvalue weighted by atomic mass is 16.5. The number of carboxylic acids is 1. The van der Waals surface area contributed by atoms with Crippen molar-refractivity contribution in [1.82, 2.24) is 0 Å². The van der Waals surface area contributed by atoms with Crippen molar-refractivity contribution < 1.29 is 24.1 Å². The maximum absolute atomic E-state index is 11.7. The minimum Gasteiger partial charge on any atom is -0.497 e. The van der Waals surface area contributed by atoms with Gasteiger partial charge in [0.25, 0.3) is 0 Å². The number of methoxy groups -OCH3 is 1. The largest absolute Gasteiger partial charge is 0.497 e.